The lowest BCUT2D eigenvalue weighted by atomic mass is 10.4. The third-order valence-electron chi connectivity index (χ3n) is 1.59. The van der Waals surface area contributed by atoms with Crippen molar-refractivity contribution in [1.29, 1.82) is 0 Å². The number of aliphatic hydroxyl groups excluding tert-OH is 1. The van der Waals surface area contributed by atoms with Crippen molar-refractivity contribution in [2.24, 2.45) is 0 Å². The Morgan fingerprint density at radius 3 is 2.64 bits per heavy atom. The minimum absolute atomic E-state index is 0.195. The van der Waals surface area contributed by atoms with E-state index in [1.165, 1.54) is 6.42 Å². The molecule has 0 fully saturated rings. The van der Waals surface area contributed by atoms with Gasteiger partial charge in [0.05, 0.1) is 6.10 Å². The molecule has 0 aliphatic heterocycles. The summed E-state index contributed by atoms with van der Waals surface area (Å²) in [5.74, 6) is 0.843. The lowest BCUT2D eigenvalue weighted by molar-refractivity contribution is 0.199. The zero-order valence-electron chi connectivity index (χ0n) is 7.63. The minimum Gasteiger partial charge on any atom is -0.391 e. The standard InChI is InChI=1S/C8H19NOS/c1-4-7(2)11-6-8(10)5-9-3/h7-10H,4-6H2,1-3H3. The van der Waals surface area contributed by atoms with Crippen LogP contribution in [-0.2, 0) is 0 Å². The Balaban J connectivity index is 3.22. The largest absolute Gasteiger partial charge is 0.391 e. The number of rotatable bonds is 6. The second-order valence-electron chi connectivity index (χ2n) is 2.76. The summed E-state index contributed by atoms with van der Waals surface area (Å²) in [6.45, 7) is 5.06. The fourth-order valence-corrected chi connectivity index (χ4v) is 1.59. The van der Waals surface area contributed by atoms with Gasteiger partial charge in [-0.3, -0.25) is 0 Å². The second-order valence-corrected chi connectivity index (χ2v) is 4.24. The predicted octanol–water partition coefficient (Wildman–Crippen LogP) is 1.10. The van der Waals surface area contributed by atoms with E-state index in [0.29, 0.717) is 11.8 Å². The summed E-state index contributed by atoms with van der Waals surface area (Å²) in [5.41, 5.74) is 0. The Kier molecular flexibility index (Phi) is 7.12. The molecule has 0 saturated carbocycles. The van der Waals surface area contributed by atoms with E-state index in [1.54, 1.807) is 0 Å². The lowest BCUT2D eigenvalue weighted by Crippen LogP contribution is -2.26. The molecule has 0 bridgehead atoms. The first kappa shape index (κ1) is 11.3. The van der Waals surface area contributed by atoms with Crippen LogP contribution in [0.25, 0.3) is 0 Å². The van der Waals surface area contributed by atoms with Crippen LogP contribution in [0, 0.1) is 0 Å². The minimum atomic E-state index is -0.195. The van der Waals surface area contributed by atoms with Crippen molar-refractivity contribution in [3.05, 3.63) is 0 Å². The van der Waals surface area contributed by atoms with E-state index in [-0.39, 0.29) is 6.10 Å². The number of likely N-dealkylation sites (N-methyl/N-ethyl adjacent to an activating group) is 1. The number of nitrogens with one attached hydrogen (secondary N) is 1. The van der Waals surface area contributed by atoms with Gasteiger partial charge in [-0.1, -0.05) is 13.8 Å². The molecule has 0 aromatic carbocycles. The van der Waals surface area contributed by atoms with E-state index in [9.17, 15) is 5.11 Å². The van der Waals surface area contributed by atoms with Crippen molar-refractivity contribution in [2.75, 3.05) is 19.3 Å². The Bertz CT molecular complexity index is 90.2. The van der Waals surface area contributed by atoms with E-state index >= 15 is 0 Å². The second kappa shape index (κ2) is 6.95. The number of hydrogen-bond donors (Lipinski definition) is 2. The quantitative estimate of drug-likeness (QED) is 0.637. The van der Waals surface area contributed by atoms with Crippen molar-refractivity contribution in [3.63, 3.8) is 0 Å². The molecule has 0 rings (SSSR count). The summed E-state index contributed by atoms with van der Waals surface area (Å²) in [5, 5.41) is 12.9. The molecule has 0 aliphatic carbocycles. The average molecular weight is 177 g/mol. The summed E-state index contributed by atoms with van der Waals surface area (Å²) in [4.78, 5) is 0. The van der Waals surface area contributed by atoms with Gasteiger partial charge in [0.15, 0.2) is 0 Å². The highest BCUT2D eigenvalue weighted by Crippen LogP contribution is 2.13. The van der Waals surface area contributed by atoms with Crippen LogP contribution in [0.4, 0.5) is 0 Å². The molecule has 0 aliphatic rings. The fourth-order valence-electron chi connectivity index (χ4n) is 0.688. The molecule has 0 aromatic heterocycles. The van der Waals surface area contributed by atoms with Gasteiger partial charge in [-0.2, -0.15) is 11.8 Å². The molecule has 0 radical (unpaired) electrons. The topological polar surface area (TPSA) is 32.3 Å². The molecule has 68 valence electrons. The van der Waals surface area contributed by atoms with E-state index < -0.39 is 0 Å². The summed E-state index contributed by atoms with van der Waals surface area (Å²) in [6.07, 6.45) is 0.982. The highest BCUT2D eigenvalue weighted by atomic mass is 32.2. The smallest absolute Gasteiger partial charge is 0.0754 e. The third-order valence-corrected chi connectivity index (χ3v) is 3.07. The van der Waals surface area contributed by atoms with E-state index in [0.717, 1.165) is 5.75 Å². The van der Waals surface area contributed by atoms with Crippen LogP contribution in [-0.4, -0.2) is 35.8 Å². The van der Waals surface area contributed by atoms with Crippen LogP contribution >= 0.6 is 11.8 Å². The number of thioether (sulfide) groups is 1. The van der Waals surface area contributed by atoms with Gasteiger partial charge < -0.3 is 10.4 Å². The molecule has 0 aromatic rings. The van der Waals surface area contributed by atoms with Gasteiger partial charge in [-0.25, -0.2) is 0 Å². The molecule has 0 amide bonds. The summed E-state index contributed by atoms with van der Waals surface area (Å²) in [7, 11) is 1.86. The summed E-state index contributed by atoms with van der Waals surface area (Å²) in [6, 6.07) is 0. The molecule has 2 N–H and O–H groups in total. The Hall–Kier alpha value is 0.270. The zero-order chi connectivity index (χ0) is 8.69. The van der Waals surface area contributed by atoms with Crippen molar-refractivity contribution in [3.8, 4) is 0 Å². The van der Waals surface area contributed by atoms with Crippen molar-refractivity contribution in [2.45, 2.75) is 31.6 Å². The van der Waals surface area contributed by atoms with Crippen LogP contribution in [0.5, 0.6) is 0 Å². The molecule has 2 nitrogen and oxygen atoms in total. The van der Waals surface area contributed by atoms with Crippen LogP contribution in [0.3, 0.4) is 0 Å². The van der Waals surface area contributed by atoms with Crippen molar-refractivity contribution in [1.82, 2.24) is 5.32 Å². The van der Waals surface area contributed by atoms with Gasteiger partial charge in [0.1, 0.15) is 0 Å². The highest BCUT2D eigenvalue weighted by molar-refractivity contribution is 7.99. The number of hydrogen-bond acceptors (Lipinski definition) is 3. The Morgan fingerprint density at radius 2 is 2.18 bits per heavy atom. The maximum absolute atomic E-state index is 9.31. The molecule has 2 unspecified atom stereocenters. The SMILES string of the molecule is CCC(C)SCC(O)CNC. The first-order valence-corrected chi connectivity index (χ1v) is 5.19. The summed E-state index contributed by atoms with van der Waals surface area (Å²) < 4.78 is 0. The van der Waals surface area contributed by atoms with Crippen LogP contribution < -0.4 is 5.32 Å². The van der Waals surface area contributed by atoms with Gasteiger partial charge in [0.2, 0.25) is 0 Å². The van der Waals surface area contributed by atoms with Gasteiger partial charge in [-0.05, 0) is 13.5 Å². The van der Waals surface area contributed by atoms with Crippen molar-refractivity contribution < 1.29 is 5.11 Å². The first-order chi connectivity index (χ1) is 5.20. The fraction of sp³-hybridized carbons (Fsp3) is 1.00. The van der Waals surface area contributed by atoms with Gasteiger partial charge in [0, 0.05) is 17.5 Å². The van der Waals surface area contributed by atoms with Crippen LogP contribution in [0.2, 0.25) is 0 Å². The summed E-state index contributed by atoms with van der Waals surface area (Å²) >= 11 is 1.83. The van der Waals surface area contributed by atoms with Gasteiger partial charge in [0.25, 0.3) is 0 Å². The maximum Gasteiger partial charge on any atom is 0.0754 e. The Labute approximate surface area is 73.8 Å². The predicted molar refractivity (Wildman–Crippen MR) is 52.1 cm³/mol. The lowest BCUT2D eigenvalue weighted by Gasteiger charge is -2.12. The monoisotopic (exact) mass is 177 g/mol. The molecule has 0 heterocycles. The molecule has 0 saturated heterocycles. The third kappa shape index (κ3) is 6.66. The molecule has 2 atom stereocenters. The molecule has 3 heteroatoms. The van der Waals surface area contributed by atoms with Gasteiger partial charge in [-0.15, -0.1) is 0 Å². The maximum atomic E-state index is 9.31. The number of aliphatic hydroxyl groups is 1. The molecular weight excluding hydrogens is 158 g/mol. The first-order valence-electron chi connectivity index (χ1n) is 4.15. The molecular formula is C8H19NOS. The van der Waals surface area contributed by atoms with E-state index in [4.69, 9.17) is 0 Å². The zero-order valence-corrected chi connectivity index (χ0v) is 8.45. The van der Waals surface area contributed by atoms with Crippen molar-refractivity contribution >= 4 is 11.8 Å². The van der Waals surface area contributed by atoms with Crippen LogP contribution in [0.1, 0.15) is 20.3 Å². The average Bonchev–Trinajstić information content (AvgIpc) is 2.01. The van der Waals surface area contributed by atoms with Crippen LogP contribution in [0.15, 0.2) is 0 Å². The molecule has 11 heavy (non-hydrogen) atoms. The van der Waals surface area contributed by atoms with E-state index in [2.05, 4.69) is 19.2 Å². The van der Waals surface area contributed by atoms with E-state index in [1.807, 2.05) is 18.8 Å². The molecule has 0 spiro atoms. The normalized spacial score (nSPS) is 16.4. The van der Waals surface area contributed by atoms with Gasteiger partial charge >= 0.3 is 0 Å². The highest BCUT2D eigenvalue weighted by Gasteiger charge is 2.05. The Morgan fingerprint density at radius 1 is 1.55 bits per heavy atom.